The van der Waals surface area contributed by atoms with Gasteiger partial charge in [-0.15, -0.1) is 0 Å². The van der Waals surface area contributed by atoms with Crippen molar-refractivity contribution in [3.05, 3.63) is 59.7 Å². The molecule has 0 N–H and O–H groups in total. The van der Waals surface area contributed by atoms with Crippen molar-refractivity contribution >= 4 is 0 Å². The van der Waals surface area contributed by atoms with Crippen LogP contribution in [0, 0.1) is 6.92 Å². The Morgan fingerprint density at radius 1 is 1.05 bits per heavy atom. The van der Waals surface area contributed by atoms with Crippen molar-refractivity contribution in [2.24, 2.45) is 0 Å². The molecule has 0 fully saturated rings. The lowest BCUT2D eigenvalue weighted by Crippen LogP contribution is -2.11. The quantitative estimate of drug-likeness (QED) is 0.671. The highest BCUT2D eigenvalue weighted by Gasteiger charge is 2.19. The van der Waals surface area contributed by atoms with E-state index in [1.807, 2.05) is 4.68 Å². The van der Waals surface area contributed by atoms with Crippen LogP contribution in [0.5, 0.6) is 0 Å². The summed E-state index contributed by atoms with van der Waals surface area (Å²) in [5, 5.41) is 4.67. The maximum Gasteiger partial charge on any atom is 0.181 e. The molecule has 3 aromatic rings. The van der Waals surface area contributed by atoms with Crippen LogP contribution in [-0.4, -0.2) is 14.8 Å². The minimum atomic E-state index is 0.820. The zero-order valence-electron chi connectivity index (χ0n) is 11.4. The van der Waals surface area contributed by atoms with Gasteiger partial charge in [0.25, 0.3) is 0 Å². The fourth-order valence-corrected chi connectivity index (χ4v) is 2.79. The average Bonchev–Trinajstić information content (AvgIpc) is 2.92. The predicted octanol–water partition coefficient (Wildman–Crippen LogP) is 3.48. The first-order chi connectivity index (χ1) is 9.81. The molecule has 0 spiro atoms. The summed E-state index contributed by atoms with van der Waals surface area (Å²) < 4.78 is 2.03. The molecule has 1 aliphatic heterocycles. The van der Waals surface area contributed by atoms with Gasteiger partial charge in [-0.05, 0) is 25.0 Å². The van der Waals surface area contributed by atoms with Crippen molar-refractivity contribution < 1.29 is 0 Å². The Morgan fingerprint density at radius 3 is 2.85 bits per heavy atom. The van der Waals surface area contributed by atoms with Gasteiger partial charge in [0.15, 0.2) is 11.6 Å². The van der Waals surface area contributed by atoms with E-state index in [0.717, 1.165) is 30.2 Å². The van der Waals surface area contributed by atoms with Crippen LogP contribution in [0.15, 0.2) is 48.5 Å². The molecule has 0 atom stereocenters. The van der Waals surface area contributed by atoms with Crippen molar-refractivity contribution in [3.8, 4) is 22.8 Å². The molecule has 0 unspecified atom stereocenters. The average molecular weight is 261 g/mol. The highest BCUT2D eigenvalue weighted by atomic mass is 15.3. The van der Waals surface area contributed by atoms with Gasteiger partial charge in [0.2, 0.25) is 0 Å². The molecule has 0 saturated carbocycles. The Bertz CT molecular complexity index is 786. The maximum atomic E-state index is 4.76. The van der Waals surface area contributed by atoms with E-state index >= 15 is 0 Å². The molecule has 0 aliphatic carbocycles. The smallest absolute Gasteiger partial charge is 0.181 e. The van der Waals surface area contributed by atoms with Gasteiger partial charge >= 0.3 is 0 Å². The Labute approximate surface area is 117 Å². The molecule has 0 amide bonds. The van der Waals surface area contributed by atoms with E-state index in [1.54, 1.807) is 0 Å². The first-order valence-corrected chi connectivity index (χ1v) is 6.91. The summed E-state index contributed by atoms with van der Waals surface area (Å²) in [4.78, 5) is 4.76. The Morgan fingerprint density at radius 2 is 1.95 bits per heavy atom. The standard InChI is InChI=1S/C17H15N3/c1-12-5-4-7-14(11-12)16-18-17-15-8-3-2-6-13(15)9-10-20(17)19-16/h2-8,11H,9-10H2,1H3. The van der Waals surface area contributed by atoms with E-state index in [-0.39, 0.29) is 0 Å². The van der Waals surface area contributed by atoms with E-state index < -0.39 is 0 Å². The number of rotatable bonds is 1. The first kappa shape index (κ1) is 11.4. The molecule has 3 nitrogen and oxygen atoms in total. The molecular weight excluding hydrogens is 246 g/mol. The minimum Gasteiger partial charge on any atom is -0.245 e. The van der Waals surface area contributed by atoms with Crippen LogP contribution in [0.25, 0.3) is 22.8 Å². The summed E-state index contributed by atoms with van der Waals surface area (Å²) in [7, 11) is 0. The third-order valence-corrected chi connectivity index (χ3v) is 3.80. The lowest BCUT2D eigenvalue weighted by Gasteiger charge is -2.15. The molecule has 20 heavy (non-hydrogen) atoms. The normalized spacial score (nSPS) is 12.8. The lowest BCUT2D eigenvalue weighted by molar-refractivity contribution is 0.607. The summed E-state index contributed by atoms with van der Waals surface area (Å²) in [6.45, 7) is 3.00. The van der Waals surface area contributed by atoms with Crippen molar-refractivity contribution in [1.29, 1.82) is 0 Å². The highest BCUT2D eigenvalue weighted by molar-refractivity contribution is 5.66. The number of fused-ring (bicyclic) bond motifs is 3. The molecule has 2 aromatic carbocycles. The monoisotopic (exact) mass is 261 g/mol. The van der Waals surface area contributed by atoms with Gasteiger partial charge in [0.05, 0.1) is 0 Å². The number of benzene rings is 2. The van der Waals surface area contributed by atoms with Gasteiger partial charge in [-0.3, -0.25) is 0 Å². The van der Waals surface area contributed by atoms with Crippen molar-refractivity contribution in [2.75, 3.05) is 0 Å². The molecule has 3 heteroatoms. The minimum absolute atomic E-state index is 0.820. The molecule has 98 valence electrons. The second kappa shape index (κ2) is 4.30. The van der Waals surface area contributed by atoms with Crippen LogP contribution in [0.4, 0.5) is 0 Å². The molecule has 1 aliphatic rings. The van der Waals surface area contributed by atoms with Crippen molar-refractivity contribution in [3.63, 3.8) is 0 Å². The van der Waals surface area contributed by atoms with E-state index in [0.29, 0.717) is 0 Å². The number of hydrogen-bond donors (Lipinski definition) is 0. The van der Waals surface area contributed by atoms with Gasteiger partial charge in [0, 0.05) is 17.7 Å². The topological polar surface area (TPSA) is 30.7 Å². The Kier molecular flexibility index (Phi) is 2.46. The van der Waals surface area contributed by atoms with E-state index in [9.17, 15) is 0 Å². The van der Waals surface area contributed by atoms with Gasteiger partial charge in [0.1, 0.15) is 0 Å². The van der Waals surface area contributed by atoms with E-state index in [2.05, 4.69) is 60.6 Å². The van der Waals surface area contributed by atoms with Crippen LogP contribution in [0.2, 0.25) is 0 Å². The molecular formula is C17H15N3. The maximum absolute atomic E-state index is 4.76. The van der Waals surface area contributed by atoms with Crippen LogP contribution >= 0.6 is 0 Å². The molecule has 4 rings (SSSR count). The molecule has 1 aromatic heterocycles. The van der Waals surface area contributed by atoms with Gasteiger partial charge in [-0.2, -0.15) is 5.10 Å². The zero-order chi connectivity index (χ0) is 13.5. The van der Waals surface area contributed by atoms with Gasteiger partial charge < -0.3 is 0 Å². The van der Waals surface area contributed by atoms with Crippen molar-refractivity contribution in [2.45, 2.75) is 19.9 Å². The van der Waals surface area contributed by atoms with E-state index in [4.69, 9.17) is 4.98 Å². The third kappa shape index (κ3) is 1.74. The highest BCUT2D eigenvalue weighted by Crippen LogP contribution is 2.29. The van der Waals surface area contributed by atoms with Gasteiger partial charge in [-0.1, -0.05) is 48.0 Å². The van der Waals surface area contributed by atoms with Crippen LogP contribution in [0.1, 0.15) is 11.1 Å². The van der Waals surface area contributed by atoms with Crippen LogP contribution in [-0.2, 0) is 13.0 Å². The summed E-state index contributed by atoms with van der Waals surface area (Å²) >= 11 is 0. The van der Waals surface area contributed by atoms with Crippen LogP contribution < -0.4 is 0 Å². The van der Waals surface area contributed by atoms with E-state index in [1.165, 1.54) is 16.7 Å². The molecule has 2 heterocycles. The summed E-state index contributed by atoms with van der Waals surface area (Å²) in [5.41, 5.74) is 4.90. The Balaban J connectivity index is 1.86. The number of aryl methyl sites for hydroxylation is 3. The zero-order valence-corrected chi connectivity index (χ0v) is 11.4. The second-order valence-corrected chi connectivity index (χ2v) is 5.26. The van der Waals surface area contributed by atoms with Crippen molar-refractivity contribution in [1.82, 2.24) is 14.8 Å². The Hall–Kier alpha value is -2.42. The first-order valence-electron chi connectivity index (χ1n) is 6.91. The molecule has 0 bridgehead atoms. The lowest BCUT2D eigenvalue weighted by atomic mass is 10.0. The number of nitrogens with zero attached hydrogens (tertiary/aromatic N) is 3. The third-order valence-electron chi connectivity index (χ3n) is 3.80. The fraction of sp³-hybridized carbons (Fsp3) is 0.176. The number of aromatic nitrogens is 3. The second-order valence-electron chi connectivity index (χ2n) is 5.26. The summed E-state index contributed by atoms with van der Waals surface area (Å²) in [6.07, 6.45) is 1.03. The SMILES string of the molecule is Cc1cccc(-c2nc3n(n2)CCc2ccccc2-3)c1. The largest absolute Gasteiger partial charge is 0.245 e. The summed E-state index contributed by atoms with van der Waals surface area (Å²) in [6, 6.07) is 16.8. The number of hydrogen-bond acceptors (Lipinski definition) is 2. The molecule has 0 radical (unpaired) electrons. The molecule has 0 saturated heterocycles. The predicted molar refractivity (Wildman–Crippen MR) is 79.3 cm³/mol. The fourth-order valence-electron chi connectivity index (χ4n) is 2.79. The van der Waals surface area contributed by atoms with Gasteiger partial charge in [-0.25, -0.2) is 9.67 Å². The summed E-state index contributed by atoms with van der Waals surface area (Å²) in [5.74, 6) is 1.81. The van der Waals surface area contributed by atoms with Crippen LogP contribution in [0.3, 0.4) is 0 Å².